The Kier molecular flexibility index (Phi) is 4.43. The van der Waals surface area contributed by atoms with Crippen molar-refractivity contribution in [3.8, 4) is 10.9 Å². The van der Waals surface area contributed by atoms with Crippen LogP contribution in [0.3, 0.4) is 0 Å². The van der Waals surface area contributed by atoms with E-state index in [0.717, 1.165) is 59.7 Å². The molecule has 8 heteroatoms. The van der Waals surface area contributed by atoms with Crippen molar-refractivity contribution < 1.29 is 13.9 Å². The third kappa shape index (κ3) is 3.45. The molecule has 0 unspecified atom stereocenters. The summed E-state index contributed by atoms with van der Waals surface area (Å²) in [5.41, 5.74) is 1.55. The first kappa shape index (κ1) is 18.8. The smallest absolute Gasteiger partial charge is 0.281 e. The molecule has 31 heavy (non-hydrogen) atoms. The summed E-state index contributed by atoms with van der Waals surface area (Å²) in [5.74, 6) is 1.86. The van der Waals surface area contributed by atoms with Crippen LogP contribution in [0.5, 0.6) is 10.9 Å². The molecule has 0 radical (unpaired) electrons. The number of carbonyl (C=O) groups is 1. The molecule has 7 rings (SSSR count). The van der Waals surface area contributed by atoms with Crippen LogP contribution in [0.2, 0.25) is 0 Å². The van der Waals surface area contributed by atoms with Crippen molar-refractivity contribution in [3.63, 3.8) is 0 Å². The lowest BCUT2D eigenvalue weighted by atomic mass is 9.90. The van der Waals surface area contributed by atoms with E-state index in [9.17, 15) is 4.79 Å². The zero-order valence-electron chi connectivity index (χ0n) is 17.2. The number of hydrogen-bond acceptors (Lipinski definition) is 7. The first-order valence-corrected chi connectivity index (χ1v) is 11.4. The Morgan fingerprint density at radius 1 is 1.23 bits per heavy atom. The minimum Gasteiger partial charge on any atom is -0.460 e. The van der Waals surface area contributed by atoms with Crippen molar-refractivity contribution in [1.29, 1.82) is 0 Å². The van der Waals surface area contributed by atoms with E-state index in [1.54, 1.807) is 13.1 Å². The number of furan rings is 1. The summed E-state index contributed by atoms with van der Waals surface area (Å²) in [7, 11) is 0. The molecule has 2 atom stereocenters. The van der Waals surface area contributed by atoms with Crippen LogP contribution in [0.25, 0.3) is 21.3 Å². The van der Waals surface area contributed by atoms with E-state index in [2.05, 4.69) is 20.9 Å². The van der Waals surface area contributed by atoms with Crippen molar-refractivity contribution >= 4 is 38.6 Å². The summed E-state index contributed by atoms with van der Waals surface area (Å²) >= 11 is 1.48. The number of piperazine rings is 1. The predicted octanol–water partition coefficient (Wildman–Crippen LogP) is 4.42. The van der Waals surface area contributed by atoms with E-state index in [4.69, 9.17) is 9.15 Å². The fourth-order valence-electron chi connectivity index (χ4n) is 4.81. The molecule has 3 aliphatic heterocycles. The molecule has 0 aliphatic carbocycles. The Morgan fingerprint density at radius 3 is 2.94 bits per heavy atom. The van der Waals surface area contributed by atoms with Gasteiger partial charge in [-0.15, -0.1) is 0 Å². The monoisotopic (exact) mass is 434 g/mol. The highest BCUT2D eigenvalue weighted by molar-refractivity contribution is 7.20. The normalized spacial score (nSPS) is 21.3. The van der Waals surface area contributed by atoms with Crippen LogP contribution < -0.4 is 4.74 Å². The minimum atomic E-state index is 0.189. The van der Waals surface area contributed by atoms with Gasteiger partial charge in [0.1, 0.15) is 17.1 Å². The van der Waals surface area contributed by atoms with Crippen molar-refractivity contribution in [1.82, 2.24) is 19.8 Å². The lowest BCUT2D eigenvalue weighted by molar-refractivity contribution is -0.139. The minimum absolute atomic E-state index is 0.189. The number of thiazole rings is 1. The van der Waals surface area contributed by atoms with E-state index in [1.165, 1.54) is 11.3 Å². The van der Waals surface area contributed by atoms with Gasteiger partial charge in [-0.1, -0.05) is 11.3 Å². The van der Waals surface area contributed by atoms with Crippen molar-refractivity contribution in [2.24, 2.45) is 0 Å². The van der Waals surface area contributed by atoms with E-state index < -0.39 is 0 Å². The molecule has 0 spiro atoms. The second kappa shape index (κ2) is 7.32. The van der Waals surface area contributed by atoms with Gasteiger partial charge in [-0.05, 0) is 49.2 Å². The highest BCUT2D eigenvalue weighted by Gasteiger charge is 2.40. The number of aromatic nitrogens is 2. The quantitative estimate of drug-likeness (QED) is 0.473. The molecule has 3 fully saturated rings. The van der Waals surface area contributed by atoms with E-state index in [0.29, 0.717) is 22.9 Å². The number of rotatable bonds is 4. The molecule has 158 valence electrons. The SMILES string of the molecule is CC(=O)N1C[C@@H]2CC[C@@H]1CN2Cc1cc2cc(Oc3nc4ncccc4s3)ccc2o1. The molecule has 7 nitrogen and oxygen atoms in total. The van der Waals surface area contributed by atoms with E-state index in [-0.39, 0.29) is 5.91 Å². The van der Waals surface area contributed by atoms with Crippen LogP contribution in [0.1, 0.15) is 25.5 Å². The van der Waals surface area contributed by atoms with Gasteiger partial charge in [0.15, 0.2) is 5.65 Å². The Balaban J connectivity index is 1.19. The molecule has 1 amide bonds. The van der Waals surface area contributed by atoms with Crippen LogP contribution in [0.15, 0.2) is 47.0 Å². The van der Waals surface area contributed by atoms with Crippen LogP contribution in [0.4, 0.5) is 0 Å². The number of piperidine rings is 2. The molecule has 0 N–H and O–H groups in total. The molecular weight excluding hydrogens is 412 g/mol. The van der Waals surface area contributed by atoms with E-state index >= 15 is 0 Å². The predicted molar refractivity (Wildman–Crippen MR) is 118 cm³/mol. The maximum atomic E-state index is 11.9. The summed E-state index contributed by atoms with van der Waals surface area (Å²) in [6.07, 6.45) is 3.98. The van der Waals surface area contributed by atoms with Crippen molar-refractivity contribution in [2.75, 3.05) is 13.1 Å². The van der Waals surface area contributed by atoms with Crippen molar-refractivity contribution in [2.45, 2.75) is 38.4 Å². The number of fused-ring (bicyclic) bond motifs is 5. The fourth-order valence-corrected chi connectivity index (χ4v) is 5.60. The van der Waals surface area contributed by atoms with Gasteiger partial charge in [0, 0.05) is 43.7 Å². The number of pyridine rings is 1. The third-order valence-corrected chi connectivity index (χ3v) is 7.18. The summed E-state index contributed by atoms with van der Waals surface area (Å²) in [6, 6.07) is 12.6. The van der Waals surface area contributed by atoms with Crippen LogP contribution in [-0.2, 0) is 11.3 Å². The topological polar surface area (TPSA) is 71.7 Å². The summed E-state index contributed by atoms with van der Waals surface area (Å²) in [5, 5.41) is 1.59. The zero-order chi connectivity index (χ0) is 20.9. The molecule has 3 saturated heterocycles. The van der Waals surface area contributed by atoms with Crippen LogP contribution in [0, 0.1) is 0 Å². The molecule has 3 aromatic heterocycles. The number of carbonyl (C=O) groups excluding carboxylic acids is 1. The first-order valence-electron chi connectivity index (χ1n) is 10.6. The maximum Gasteiger partial charge on any atom is 0.281 e. The average Bonchev–Trinajstić information content (AvgIpc) is 3.36. The number of benzene rings is 1. The number of nitrogens with zero attached hydrogens (tertiary/aromatic N) is 4. The lowest BCUT2D eigenvalue weighted by Gasteiger charge is -2.51. The number of ether oxygens (including phenoxy) is 1. The van der Waals surface area contributed by atoms with Gasteiger partial charge in [0.25, 0.3) is 5.19 Å². The Bertz CT molecular complexity index is 1250. The van der Waals surface area contributed by atoms with Gasteiger partial charge in [0.2, 0.25) is 5.91 Å². The number of amides is 1. The average molecular weight is 435 g/mol. The molecule has 2 bridgehead atoms. The molecule has 6 heterocycles. The Morgan fingerprint density at radius 2 is 2.13 bits per heavy atom. The lowest BCUT2D eigenvalue weighted by Crippen LogP contribution is -2.63. The van der Waals surface area contributed by atoms with Gasteiger partial charge in [-0.3, -0.25) is 9.69 Å². The zero-order valence-corrected chi connectivity index (χ0v) is 18.0. The molecule has 0 saturated carbocycles. The fraction of sp³-hybridized carbons (Fsp3) is 0.348. The van der Waals surface area contributed by atoms with Gasteiger partial charge < -0.3 is 14.1 Å². The maximum absolute atomic E-state index is 11.9. The van der Waals surface area contributed by atoms with Crippen molar-refractivity contribution in [3.05, 3.63) is 48.4 Å². The Labute approximate surface area is 183 Å². The molecule has 1 aromatic carbocycles. The largest absolute Gasteiger partial charge is 0.460 e. The standard InChI is InChI=1S/C23H22N4O3S/c1-14(28)27-12-16-4-5-17(27)11-26(16)13-19-10-15-9-18(6-7-20(15)29-19)30-23-25-22-21(31-23)3-2-8-24-22/h2-3,6-10,16-17H,4-5,11-13H2,1H3/t16-,17+/m0/s1. The van der Waals surface area contributed by atoms with Gasteiger partial charge in [-0.25, -0.2) is 4.98 Å². The van der Waals surface area contributed by atoms with Gasteiger partial charge >= 0.3 is 0 Å². The van der Waals surface area contributed by atoms with Crippen LogP contribution >= 0.6 is 11.3 Å². The second-order valence-corrected chi connectivity index (χ2v) is 9.30. The number of hydrogen-bond donors (Lipinski definition) is 0. The Hall–Kier alpha value is -2.97. The summed E-state index contributed by atoms with van der Waals surface area (Å²) < 4.78 is 13.1. The first-order chi connectivity index (χ1) is 15.1. The highest BCUT2D eigenvalue weighted by atomic mass is 32.1. The summed E-state index contributed by atoms with van der Waals surface area (Å²) in [6.45, 7) is 4.19. The molecule has 4 aromatic rings. The molecular formula is C23H22N4O3S. The second-order valence-electron chi connectivity index (χ2n) is 8.31. The highest BCUT2D eigenvalue weighted by Crippen LogP contribution is 2.34. The summed E-state index contributed by atoms with van der Waals surface area (Å²) in [4.78, 5) is 25.0. The van der Waals surface area contributed by atoms with Gasteiger partial charge in [-0.2, -0.15) is 4.98 Å². The van der Waals surface area contributed by atoms with Gasteiger partial charge in [0.05, 0.1) is 11.2 Å². The molecule has 3 aliphatic rings. The third-order valence-electron chi connectivity index (χ3n) is 6.30. The van der Waals surface area contributed by atoms with E-state index in [1.807, 2.05) is 35.2 Å². The van der Waals surface area contributed by atoms with Crippen LogP contribution in [-0.4, -0.2) is 50.8 Å².